The SMILES string of the molecule is Cc1cccc(NC(=O)CCN2C(=S)N[C@@H](c3ccccn3)[C@@H]2c2ccc(-c3ccc([N+](=O)[O-])cc3)o2)c1. The van der Waals surface area contributed by atoms with Gasteiger partial charge in [0.05, 0.1) is 16.7 Å². The number of hydrogen-bond acceptors (Lipinski definition) is 6. The van der Waals surface area contributed by atoms with Crippen LogP contribution in [0.25, 0.3) is 11.3 Å². The lowest BCUT2D eigenvalue weighted by atomic mass is 10.0. The Bertz CT molecular complexity index is 1470. The van der Waals surface area contributed by atoms with Crippen molar-refractivity contribution in [3.63, 3.8) is 0 Å². The molecule has 3 heterocycles. The normalized spacial score (nSPS) is 16.8. The lowest BCUT2D eigenvalue weighted by Gasteiger charge is -2.25. The summed E-state index contributed by atoms with van der Waals surface area (Å²) in [5.41, 5.74) is 3.33. The molecule has 1 amide bonds. The van der Waals surface area contributed by atoms with E-state index < -0.39 is 4.92 Å². The Morgan fingerprint density at radius 1 is 1.13 bits per heavy atom. The molecular weight excluding hydrogens is 502 g/mol. The zero-order valence-electron chi connectivity index (χ0n) is 20.5. The molecule has 0 bridgehead atoms. The predicted molar refractivity (Wildman–Crippen MR) is 147 cm³/mol. The van der Waals surface area contributed by atoms with Gasteiger partial charge in [-0.1, -0.05) is 18.2 Å². The van der Waals surface area contributed by atoms with Crippen LogP contribution in [0.4, 0.5) is 11.4 Å². The fraction of sp³-hybridized carbons (Fsp3) is 0.179. The minimum Gasteiger partial charge on any atom is -0.459 e. The van der Waals surface area contributed by atoms with Crippen LogP contribution >= 0.6 is 12.2 Å². The third-order valence-electron chi connectivity index (χ3n) is 6.36. The highest BCUT2D eigenvalue weighted by Crippen LogP contribution is 2.40. The molecule has 5 rings (SSSR count). The van der Waals surface area contributed by atoms with Gasteiger partial charge in [-0.05, 0) is 73.2 Å². The number of rotatable bonds is 8. The zero-order chi connectivity index (χ0) is 26.6. The first-order valence-corrected chi connectivity index (χ1v) is 12.5. The predicted octanol–water partition coefficient (Wildman–Crippen LogP) is 5.56. The first-order chi connectivity index (χ1) is 18.4. The molecule has 38 heavy (non-hydrogen) atoms. The van der Waals surface area contributed by atoms with Crippen LogP contribution in [0, 0.1) is 17.0 Å². The van der Waals surface area contributed by atoms with Crippen LogP contribution in [-0.4, -0.2) is 32.4 Å². The van der Waals surface area contributed by atoms with Gasteiger partial charge in [-0.25, -0.2) is 0 Å². The topological polar surface area (TPSA) is 114 Å². The fourth-order valence-electron chi connectivity index (χ4n) is 4.54. The highest BCUT2D eigenvalue weighted by molar-refractivity contribution is 7.80. The summed E-state index contributed by atoms with van der Waals surface area (Å²) in [6.07, 6.45) is 1.94. The molecule has 0 aliphatic carbocycles. The maximum Gasteiger partial charge on any atom is 0.269 e. The van der Waals surface area contributed by atoms with Crippen LogP contribution in [0.5, 0.6) is 0 Å². The van der Waals surface area contributed by atoms with E-state index in [-0.39, 0.29) is 30.1 Å². The van der Waals surface area contributed by atoms with Gasteiger partial charge < -0.3 is 20.0 Å². The van der Waals surface area contributed by atoms with E-state index >= 15 is 0 Å². The third kappa shape index (κ3) is 5.40. The van der Waals surface area contributed by atoms with E-state index in [1.165, 1.54) is 12.1 Å². The van der Waals surface area contributed by atoms with E-state index in [1.54, 1.807) is 18.3 Å². The Labute approximate surface area is 224 Å². The monoisotopic (exact) mass is 527 g/mol. The molecule has 9 nitrogen and oxygen atoms in total. The number of nitro benzene ring substituents is 1. The maximum atomic E-state index is 12.8. The molecule has 0 unspecified atom stereocenters. The number of anilines is 1. The average molecular weight is 528 g/mol. The lowest BCUT2D eigenvalue weighted by molar-refractivity contribution is -0.384. The highest BCUT2D eigenvalue weighted by Gasteiger charge is 2.41. The molecule has 1 aliphatic rings. The molecule has 2 aromatic heterocycles. The van der Waals surface area contributed by atoms with Crippen molar-refractivity contribution in [1.82, 2.24) is 15.2 Å². The Morgan fingerprint density at radius 3 is 2.66 bits per heavy atom. The molecule has 1 aliphatic heterocycles. The van der Waals surface area contributed by atoms with Crippen LogP contribution < -0.4 is 10.6 Å². The number of thiocarbonyl (C=S) groups is 1. The van der Waals surface area contributed by atoms with Crippen molar-refractivity contribution in [2.45, 2.75) is 25.4 Å². The van der Waals surface area contributed by atoms with Gasteiger partial charge in [-0.2, -0.15) is 0 Å². The Hall–Kier alpha value is -4.57. The largest absolute Gasteiger partial charge is 0.459 e. The molecular formula is C28H25N5O4S. The number of amides is 1. The van der Waals surface area contributed by atoms with Gasteiger partial charge in [0, 0.05) is 42.5 Å². The Morgan fingerprint density at radius 2 is 1.95 bits per heavy atom. The van der Waals surface area contributed by atoms with E-state index in [1.807, 2.05) is 66.4 Å². The quantitative estimate of drug-likeness (QED) is 0.174. The number of non-ortho nitro benzene ring substituents is 1. The molecule has 2 atom stereocenters. The summed E-state index contributed by atoms with van der Waals surface area (Å²) in [7, 11) is 0. The molecule has 0 spiro atoms. The van der Waals surface area contributed by atoms with Gasteiger partial charge in [0.25, 0.3) is 5.69 Å². The average Bonchev–Trinajstić information content (AvgIpc) is 3.52. The van der Waals surface area contributed by atoms with Crippen molar-refractivity contribution >= 4 is 34.6 Å². The van der Waals surface area contributed by atoms with E-state index in [0.717, 1.165) is 16.9 Å². The molecule has 0 saturated carbocycles. The number of carbonyl (C=O) groups is 1. The summed E-state index contributed by atoms with van der Waals surface area (Å²) < 4.78 is 6.26. The number of nitro groups is 1. The molecule has 1 fully saturated rings. The molecule has 0 radical (unpaired) electrons. The number of nitrogens with one attached hydrogen (secondary N) is 2. The molecule has 2 aromatic carbocycles. The van der Waals surface area contributed by atoms with Crippen molar-refractivity contribution in [3.8, 4) is 11.3 Å². The zero-order valence-corrected chi connectivity index (χ0v) is 21.4. The number of carbonyl (C=O) groups excluding carboxylic acids is 1. The van der Waals surface area contributed by atoms with Crippen LogP contribution in [0.15, 0.2) is 89.5 Å². The number of aryl methyl sites for hydroxylation is 1. The van der Waals surface area contributed by atoms with Gasteiger partial charge >= 0.3 is 0 Å². The molecule has 4 aromatic rings. The second-order valence-corrected chi connectivity index (χ2v) is 9.38. The molecule has 192 valence electrons. The number of benzene rings is 2. The highest BCUT2D eigenvalue weighted by atomic mass is 32.1. The number of furan rings is 1. The fourth-order valence-corrected chi connectivity index (χ4v) is 4.87. The van der Waals surface area contributed by atoms with Gasteiger partial charge in [0.1, 0.15) is 17.6 Å². The summed E-state index contributed by atoms with van der Waals surface area (Å²) in [6.45, 7) is 2.34. The van der Waals surface area contributed by atoms with Crippen molar-refractivity contribution in [2.24, 2.45) is 0 Å². The Balaban J connectivity index is 1.39. The van der Waals surface area contributed by atoms with Crippen LogP contribution in [0.1, 0.15) is 35.5 Å². The number of pyridine rings is 1. The van der Waals surface area contributed by atoms with Gasteiger partial charge in [-0.15, -0.1) is 0 Å². The maximum absolute atomic E-state index is 12.8. The van der Waals surface area contributed by atoms with Crippen LogP contribution in [0.3, 0.4) is 0 Å². The standard InChI is InChI=1S/C28H25N5O4S/c1-18-5-4-6-20(17-18)30-25(34)14-16-32-27(26(31-28(32)38)22-7-2-3-15-29-22)24-13-12-23(37-24)19-8-10-21(11-9-19)33(35)36/h2-13,15,17,26-27H,14,16H2,1H3,(H,30,34)(H,31,38)/t26-,27-/m0/s1. The summed E-state index contributed by atoms with van der Waals surface area (Å²) in [5, 5.41) is 17.8. The summed E-state index contributed by atoms with van der Waals surface area (Å²) in [4.78, 5) is 29.8. The Kier molecular flexibility index (Phi) is 7.14. The van der Waals surface area contributed by atoms with Crippen molar-refractivity contribution in [3.05, 3.63) is 112 Å². The number of nitrogens with zero attached hydrogens (tertiary/aromatic N) is 3. The molecule has 1 saturated heterocycles. The van der Waals surface area contributed by atoms with Crippen molar-refractivity contribution < 1.29 is 14.1 Å². The summed E-state index contributed by atoms with van der Waals surface area (Å²) in [5.74, 6) is 1.09. The molecule has 10 heteroatoms. The first kappa shape index (κ1) is 25.1. The van der Waals surface area contributed by atoms with Crippen molar-refractivity contribution in [1.29, 1.82) is 0 Å². The van der Waals surface area contributed by atoms with Gasteiger partial charge in [0.2, 0.25) is 5.91 Å². The summed E-state index contributed by atoms with van der Waals surface area (Å²) >= 11 is 5.68. The minimum absolute atomic E-state index is 0.0104. The third-order valence-corrected chi connectivity index (χ3v) is 6.71. The van der Waals surface area contributed by atoms with E-state index in [9.17, 15) is 14.9 Å². The van der Waals surface area contributed by atoms with E-state index in [4.69, 9.17) is 16.6 Å². The smallest absolute Gasteiger partial charge is 0.269 e. The lowest BCUT2D eigenvalue weighted by Crippen LogP contribution is -2.32. The second-order valence-electron chi connectivity index (χ2n) is 8.99. The van der Waals surface area contributed by atoms with E-state index in [0.29, 0.717) is 28.7 Å². The molecule has 2 N–H and O–H groups in total. The van der Waals surface area contributed by atoms with Gasteiger partial charge in [-0.3, -0.25) is 19.9 Å². The number of hydrogen-bond donors (Lipinski definition) is 2. The van der Waals surface area contributed by atoms with Crippen molar-refractivity contribution in [2.75, 3.05) is 11.9 Å². The number of aromatic nitrogens is 1. The van der Waals surface area contributed by atoms with E-state index in [2.05, 4.69) is 15.6 Å². The second kappa shape index (κ2) is 10.8. The summed E-state index contributed by atoms with van der Waals surface area (Å²) in [6, 6.07) is 22.6. The first-order valence-electron chi connectivity index (χ1n) is 12.1. The van der Waals surface area contributed by atoms with Crippen LogP contribution in [-0.2, 0) is 4.79 Å². The van der Waals surface area contributed by atoms with Gasteiger partial charge in [0.15, 0.2) is 5.11 Å². The van der Waals surface area contributed by atoms with Crippen LogP contribution in [0.2, 0.25) is 0 Å². The minimum atomic E-state index is -0.438.